The van der Waals surface area contributed by atoms with Gasteiger partial charge in [0.15, 0.2) is 11.5 Å². The van der Waals surface area contributed by atoms with Crippen molar-refractivity contribution in [3.63, 3.8) is 0 Å². The van der Waals surface area contributed by atoms with E-state index in [1.165, 1.54) is 17.4 Å². The fourth-order valence-electron chi connectivity index (χ4n) is 1.80. The number of aryl methyl sites for hydroxylation is 1. The van der Waals surface area contributed by atoms with Gasteiger partial charge in [-0.1, -0.05) is 30.4 Å². The Balaban J connectivity index is 2.09. The van der Waals surface area contributed by atoms with Gasteiger partial charge in [-0.2, -0.15) is 0 Å². The van der Waals surface area contributed by atoms with Gasteiger partial charge in [-0.25, -0.2) is 0 Å². The van der Waals surface area contributed by atoms with Crippen molar-refractivity contribution in [2.45, 2.75) is 13.3 Å². The summed E-state index contributed by atoms with van der Waals surface area (Å²) in [7, 11) is 3.13. The smallest absolute Gasteiger partial charge is 0.250 e. The first-order valence-corrected chi connectivity index (χ1v) is 7.52. The molecule has 0 radical (unpaired) electrons. The third-order valence-electron chi connectivity index (χ3n) is 2.85. The van der Waals surface area contributed by atoms with Crippen LogP contribution in [0.25, 0.3) is 6.08 Å². The molecular weight excluding hydrogens is 302 g/mol. The summed E-state index contributed by atoms with van der Waals surface area (Å²) in [5, 5.41) is 11.9. The van der Waals surface area contributed by atoms with E-state index < -0.39 is 0 Å². The number of rotatable bonds is 6. The molecule has 0 aliphatic carbocycles. The monoisotopic (exact) mass is 319 g/mol. The van der Waals surface area contributed by atoms with Crippen LogP contribution < -0.4 is 14.8 Å². The Hall–Kier alpha value is -2.41. The zero-order valence-electron chi connectivity index (χ0n) is 12.6. The second kappa shape index (κ2) is 7.56. The summed E-state index contributed by atoms with van der Waals surface area (Å²) in [6.45, 7) is 1.99. The van der Waals surface area contributed by atoms with Crippen LogP contribution in [0.2, 0.25) is 0 Å². The lowest BCUT2D eigenvalue weighted by Crippen LogP contribution is -2.07. The van der Waals surface area contributed by atoms with Crippen LogP contribution in [0.5, 0.6) is 11.5 Å². The molecule has 1 heterocycles. The quantitative estimate of drug-likeness (QED) is 0.829. The van der Waals surface area contributed by atoms with E-state index >= 15 is 0 Å². The highest BCUT2D eigenvalue weighted by Crippen LogP contribution is 2.31. The molecule has 7 heteroatoms. The average Bonchev–Trinajstić information content (AvgIpc) is 2.99. The van der Waals surface area contributed by atoms with Crippen molar-refractivity contribution in [3.8, 4) is 11.5 Å². The van der Waals surface area contributed by atoms with E-state index in [9.17, 15) is 4.79 Å². The van der Waals surface area contributed by atoms with Crippen molar-refractivity contribution in [3.05, 3.63) is 34.8 Å². The largest absolute Gasteiger partial charge is 0.493 e. The number of para-hydroxylation sites is 1. The minimum absolute atomic E-state index is 0.274. The Labute approximate surface area is 132 Å². The molecule has 1 N–H and O–H groups in total. The second-order valence-corrected chi connectivity index (χ2v) is 5.32. The predicted octanol–water partition coefficient (Wildman–Crippen LogP) is 2.77. The van der Waals surface area contributed by atoms with E-state index in [1.807, 2.05) is 19.1 Å². The number of carbonyl (C=O) groups excluding carboxylic acids is 1. The van der Waals surface area contributed by atoms with E-state index in [2.05, 4.69) is 15.5 Å². The summed E-state index contributed by atoms with van der Waals surface area (Å²) >= 11 is 1.36. The van der Waals surface area contributed by atoms with Crippen molar-refractivity contribution in [2.75, 3.05) is 19.5 Å². The third kappa shape index (κ3) is 3.82. The van der Waals surface area contributed by atoms with Crippen molar-refractivity contribution in [2.24, 2.45) is 0 Å². The summed E-state index contributed by atoms with van der Waals surface area (Å²) in [4.78, 5) is 11.9. The molecule has 0 atom stereocenters. The Morgan fingerprint density at radius 3 is 2.77 bits per heavy atom. The molecule has 0 spiro atoms. The molecule has 6 nitrogen and oxygen atoms in total. The lowest BCUT2D eigenvalue weighted by atomic mass is 10.1. The lowest BCUT2D eigenvalue weighted by Gasteiger charge is -2.09. The van der Waals surface area contributed by atoms with Crippen LogP contribution in [0.15, 0.2) is 24.3 Å². The summed E-state index contributed by atoms with van der Waals surface area (Å²) in [6.07, 6.45) is 3.88. The van der Waals surface area contributed by atoms with Crippen molar-refractivity contribution in [1.82, 2.24) is 10.2 Å². The molecule has 0 aliphatic heterocycles. The van der Waals surface area contributed by atoms with E-state index in [-0.39, 0.29) is 5.91 Å². The summed E-state index contributed by atoms with van der Waals surface area (Å²) in [6, 6.07) is 5.46. The van der Waals surface area contributed by atoms with Gasteiger partial charge in [-0.05, 0) is 18.6 Å². The Morgan fingerprint density at radius 1 is 1.32 bits per heavy atom. The van der Waals surface area contributed by atoms with Gasteiger partial charge in [0.25, 0.3) is 0 Å². The number of ether oxygens (including phenoxy) is 2. The first-order chi connectivity index (χ1) is 10.7. The molecule has 2 rings (SSSR count). The minimum atomic E-state index is -0.274. The van der Waals surface area contributed by atoms with Crippen LogP contribution in [0.3, 0.4) is 0 Å². The van der Waals surface area contributed by atoms with E-state index in [0.29, 0.717) is 16.6 Å². The number of methoxy groups -OCH3 is 2. The van der Waals surface area contributed by atoms with Crippen LogP contribution in [-0.4, -0.2) is 30.3 Å². The number of hydrogen-bond donors (Lipinski definition) is 1. The van der Waals surface area contributed by atoms with Crippen LogP contribution >= 0.6 is 11.3 Å². The lowest BCUT2D eigenvalue weighted by molar-refractivity contribution is -0.111. The van der Waals surface area contributed by atoms with Crippen molar-refractivity contribution >= 4 is 28.5 Å². The molecule has 1 aromatic carbocycles. The number of aromatic nitrogens is 2. The van der Waals surface area contributed by atoms with Crippen LogP contribution in [0.1, 0.15) is 17.5 Å². The normalized spacial score (nSPS) is 10.7. The number of anilines is 1. The van der Waals surface area contributed by atoms with E-state index in [4.69, 9.17) is 9.47 Å². The van der Waals surface area contributed by atoms with Gasteiger partial charge in [0, 0.05) is 11.6 Å². The topological polar surface area (TPSA) is 73.3 Å². The number of hydrogen-bond acceptors (Lipinski definition) is 6. The fraction of sp³-hybridized carbons (Fsp3) is 0.267. The number of nitrogens with zero attached hydrogens (tertiary/aromatic N) is 2. The third-order valence-corrected chi connectivity index (χ3v) is 3.83. The van der Waals surface area contributed by atoms with Gasteiger partial charge in [0.2, 0.25) is 11.0 Å². The number of nitrogens with one attached hydrogen (secondary N) is 1. The summed E-state index contributed by atoms with van der Waals surface area (Å²) < 4.78 is 10.5. The highest BCUT2D eigenvalue weighted by Gasteiger charge is 2.08. The van der Waals surface area contributed by atoms with Crippen LogP contribution in [0, 0.1) is 0 Å². The number of amides is 1. The summed E-state index contributed by atoms with van der Waals surface area (Å²) in [5.41, 5.74) is 0.753. The molecule has 0 fully saturated rings. The number of carbonyl (C=O) groups is 1. The van der Waals surface area contributed by atoms with Gasteiger partial charge in [-0.15, -0.1) is 10.2 Å². The minimum Gasteiger partial charge on any atom is -0.493 e. The predicted molar refractivity (Wildman–Crippen MR) is 86.5 cm³/mol. The molecule has 0 unspecified atom stereocenters. The maximum absolute atomic E-state index is 11.9. The molecule has 0 bridgehead atoms. The fourth-order valence-corrected chi connectivity index (χ4v) is 2.49. The molecule has 116 valence electrons. The van der Waals surface area contributed by atoms with Crippen LogP contribution in [-0.2, 0) is 11.2 Å². The SMILES string of the molecule is CCc1nnc(NC(=O)/C=C/c2cccc(OC)c2OC)s1. The molecule has 22 heavy (non-hydrogen) atoms. The zero-order chi connectivity index (χ0) is 15.9. The second-order valence-electron chi connectivity index (χ2n) is 4.26. The van der Waals surface area contributed by atoms with Crippen molar-refractivity contribution in [1.29, 1.82) is 0 Å². The Morgan fingerprint density at radius 2 is 2.14 bits per heavy atom. The standard InChI is InChI=1S/C15H17N3O3S/c1-4-13-17-18-15(22-13)16-12(19)9-8-10-6-5-7-11(20-2)14(10)21-3/h5-9H,4H2,1-3H3,(H,16,18,19)/b9-8+. The molecule has 0 saturated carbocycles. The van der Waals surface area contributed by atoms with Gasteiger partial charge in [-0.3, -0.25) is 10.1 Å². The molecular formula is C15H17N3O3S. The Bertz CT molecular complexity index is 682. The zero-order valence-corrected chi connectivity index (χ0v) is 13.4. The van der Waals surface area contributed by atoms with Gasteiger partial charge < -0.3 is 9.47 Å². The van der Waals surface area contributed by atoms with E-state index in [1.54, 1.807) is 26.4 Å². The molecule has 0 saturated heterocycles. The number of benzene rings is 1. The molecule has 2 aromatic rings. The van der Waals surface area contributed by atoms with Gasteiger partial charge in [0.1, 0.15) is 5.01 Å². The van der Waals surface area contributed by atoms with E-state index in [0.717, 1.165) is 17.0 Å². The maximum Gasteiger partial charge on any atom is 0.250 e. The van der Waals surface area contributed by atoms with Gasteiger partial charge in [0.05, 0.1) is 14.2 Å². The maximum atomic E-state index is 11.9. The highest BCUT2D eigenvalue weighted by atomic mass is 32.1. The molecule has 1 aromatic heterocycles. The molecule has 1 amide bonds. The Kier molecular flexibility index (Phi) is 5.48. The van der Waals surface area contributed by atoms with Crippen LogP contribution in [0.4, 0.5) is 5.13 Å². The average molecular weight is 319 g/mol. The molecule has 0 aliphatic rings. The highest BCUT2D eigenvalue weighted by molar-refractivity contribution is 7.15. The van der Waals surface area contributed by atoms with Gasteiger partial charge >= 0.3 is 0 Å². The first-order valence-electron chi connectivity index (χ1n) is 6.70. The van der Waals surface area contributed by atoms with Crippen molar-refractivity contribution < 1.29 is 14.3 Å². The first kappa shape index (κ1) is 16.0. The summed E-state index contributed by atoms with van der Waals surface area (Å²) in [5.74, 6) is 0.920.